The molecule has 0 spiro atoms. The fourth-order valence-electron chi connectivity index (χ4n) is 4.25. The van der Waals surface area contributed by atoms with Gasteiger partial charge < -0.3 is 10.2 Å². The lowest BCUT2D eigenvalue weighted by atomic mass is 10.1. The Morgan fingerprint density at radius 1 is 0.844 bits per heavy atom. The van der Waals surface area contributed by atoms with Crippen molar-refractivity contribution in [3.8, 4) is 0 Å². The van der Waals surface area contributed by atoms with Crippen molar-refractivity contribution in [2.45, 2.75) is 49.8 Å². The van der Waals surface area contributed by atoms with E-state index in [0.29, 0.717) is 25.2 Å². The number of sulfonamides is 1. The normalized spacial score (nSPS) is 17.9. The van der Waals surface area contributed by atoms with Crippen LogP contribution in [0.2, 0.25) is 0 Å². The molecule has 170 valence electrons. The predicted molar refractivity (Wildman–Crippen MR) is 124 cm³/mol. The number of hydrogen-bond acceptors (Lipinski definition) is 4. The van der Waals surface area contributed by atoms with Gasteiger partial charge in [0.25, 0.3) is 0 Å². The molecule has 2 amide bonds. The molecular weight excluding hydrogens is 426 g/mol. The summed E-state index contributed by atoms with van der Waals surface area (Å²) in [5, 5.41) is 2.82. The quantitative estimate of drug-likeness (QED) is 0.722. The van der Waals surface area contributed by atoms with E-state index >= 15 is 0 Å². The summed E-state index contributed by atoms with van der Waals surface area (Å²) in [5.41, 5.74) is 2.26. The van der Waals surface area contributed by atoms with E-state index < -0.39 is 10.0 Å². The van der Waals surface area contributed by atoms with Crippen molar-refractivity contribution in [1.29, 1.82) is 0 Å². The molecule has 0 saturated carbocycles. The van der Waals surface area contributed by atoms with Gasteiger partial charge in [-0.25, -0.2) is 8.42 Å². The molecule has 2 saturated heterocycles. The Hall–Kier alpha value is -2.71. The van der Waals surface area contributed by atoms with Gasteiger partial charge in [0, 0.05) is 37.4 Å². The van der Waals surface area contributed by atoms with Crippen LogP contribution in [0, 0.1) is 0 Å². The number of carbonyl (C=O) groups is 2. The Kier molecular flexibility index (Phi) is 6.91. The van der Waals surface area contributed by atoms with Crippen molar-refractivity contribution >= 4 is 33.2 Å². The second-order valence-electron chi connectivity index (χ2n) is 8.38. The molecule has 2 aromatic carbocycles. The van der Waals surface area contributed by atoms with Crippen LogP contribution in [0.4, 0.5) is 11.4 Å². The third-order valence-electron chi connectivity index (χ3n) is 6.03. The molecule has 0 atom stereocenters. The van der Waals surface area contributed by atoms with Gasteiger partial charge in [-0.1, -0.05) is 25.0 Å². The Bertz CT molecular complexity index is 1060. The molecule has 0 bridgehead atoms. The van der Waals surface area contributed by atoms with Gasteiger partial charge in [0.15, 0.2) is 0 Å². The molecule has 0 aromatic heterocycles. The summed E-state index contributed by atoms with van der Waals surface area (Å²) in [4.78, 5) is 26.3. The van der Waals surface area contributed by atoms with E-state index in [1.807, 2.05) is 24.3 Å². The lowest BCUT2D eigenvalue weighted by molar-refractivity contribution is -0.117. The highest BCUT2D eigenvalue weighted by atomic mass is 32.2. The molecule has 2 aliphatic heterocycles. The highest BCUT2D eigenvalue weighted by Gasteiger charge is 2.25. The monoisotopic (exact) mass is 455 g/mol. The van der Waals surface area contributed by atoms with Crippen molar-refractivity contribution in [1.82, 2.24) is 4.31 Å². The van der Waals surface area contributed by atoms with Crippen molar-refractivity contribution in [2.75, 3.05) is 29.9 Å². The van der Waals surface area contributed by atoms with Gasteiger partial charge >= 0.3 is 0 Å². The zero-order chi connectivity index (χ0) is 22.6. The molecule has 4 rings (SSSR count). The molecule has 2 aliphatic rings. The minimum absolute atomic E-state index is 0.136. The van der Waals surface area contributed by atoms with Gasteiger partial charge in [-0.3, -0.25) is 9.59 Å². The summed E-state index contributed by atoms with van der Waals surface area (Å²) < 4.78 is 27.3. The lowest BCUT2D eigenvalue weighted by Crippen LogP contribution is -2.31. The molecule has 2 aromatic rings. The van der Waals surface area contributed by atoms with Gasteiger partial charge in [-0.2, -0.15) is 4.31 Å². The Balaban J connectivity index is 1.35. The summed E-state index contributed by atoms with van der Waals surface area (Å²) in [6.45, 7) is 1.86. The summed E-state index contributed by atoms with van der Waals surface area (Å²) in [6, 6.07) is 13.8. The van der Waals surface area contributed by atoms with E-state index in [2.05, 4.69) is 5.32 Å². The molecule has 7 nitrogen and oxygen atoms in total. The summed E-state index contributed by atoms with van der Waals surface area (Å²) >= 11 is 0. The van der Waals surface area contributed by atoms with Gasteiger partial charge in [0.05, 0.1) is 11.3 Å². The molecule has 2 heterocycles. The largest absolute Gasteiger partial charge is 0.326 e. The van der Waals surface area contributed by atoms with Gasteiger partial charge in [0.2, 0.25) is 21.8 Å². The Labute approximate surface area is 189 Å². The number of amides is 2. The summed E-state index contributed by atoms with van der Waals surface area (Å²) in [5.74, 6) is -0.0464. The van der Waals surface area contributed by atoms with E-state index in [4.69, 9.17) is 0 Å². The van der Waals surface area contributed by atoms with Crippen LogP contribution in [0.3, 0.4) is 0 Å². The first-order chi connectivity index (χ1) is 15.4. The van der Waals surface area contributed by atoms with Crippen LogP contribution in [0.15, 0.2) is 53.4 Å². The fraction of sp³-hybridized carbons (Fsp3) is 0.417. The van der Waals surface area contributed by atoms with Crippen molar-refractivity contribution < 1.29 is 18.0 Å². The molecule has 0 radical (unpaired) electrons. The van der Waals surface area contributed by atoms with E-state index in [1.165, 1.54) is 0 Å². The van der Waals surface area contributed by atoms with E-state index in [1.54, 1.807) is 33.5 Å². The standard InChI is InChI=1S/C24H29N3O4S/c28-23(18-19-7-11-21(12-8-19)27-17-5-6-24(27)29)25-20-9-13-22(14-10-20)32(30,31)26-15-3-1-2-4-16-26/h7-14H,1-6,15-18H2,(H,25,28). The summed E-state index contributed by atoms with van der Waals surface area (Å²) in [6.07, 6.45) is 5.57. The topological polar surface area (TPSA) is 86.8 Å². The number of hydrogen-bond donors (Lipinski definition) is 1. The first kappa shape index (κ1) is 22.5. The minimum atomic E-state index is -3.50. The highest BCUT2D eigenvalue weighted by Crippen LogP contribution is 2.23. The minimum Gasteiger partial charge on any atom is -0.326 e. The second kappa shape index (κ2) is 9.83. The lowest BCUT2D eigenvalue weighted by Gasteiger charge is -2.20. The Morgan fingerprint density at radius 3 is 2.09 bits per heavy atom. The van der Waals surface area contributed by atoms with Crippen molar-refractivity contribution in [3.63, 3.8) is 0 Å². The maximum atomic E-state index is 12.9. The first-order valence-electron chi connectivity index (χ1n) is 11.2. The molecular formula is C24H29N3O4S. The number of rotatable bonds is 6. The number of anilines is 2. The van der Waals surface area contributed by atoms with Crippen LogP contribution in [-0.4, -0.2) is 44.2 Å². The van der Waals surface area contributed by atoms with Crippen LogP contribution in [0.1, 0.15) is 44.1 Å². The maximum Gasteiger partial charge on any atom is 0.243 e. The smallest absolute Gasteiger partial charge is 0.243 e. The average molecular weight is 456 g/mol. The molecule has 32 heavy (non-hydrogen) atoms. The van der Waals surface area contributed by atoms with Crippen molar-refractivity contribution in [2.24, 2.45) is 0 Å². The third-order valence-corrected chi connectivity index (χ3v) is 7.94. The first-order valence-corrected chi connectivity index (χ1v) is 12.7. The number of benzene rings is 2. The number of nitrogens with one attached hydrogen (secondary N) is 1. The second-order valence-corrected chi connectivity index (χ2v) is 10.3. The van der Waals surface area contributed by atoms with Crippen LogP contribution < -0.4 is 10.2 Å². The van der Waals surface area contributed by atoms with Crippen LogP contribution in [-0.2, 0) is 26.0 Å². The van der Waals surface area contributed by atoms with Gasteiger partial charge in [-0.05, 0) is 61.2 Å². The zero-order valence-corrected chi connectivity index (χ0v) is 18.9. The zero-order valence-electron chi connectivity index (χ0n) is 18.1. The molecule has 8 heteroatoms. The van der Waals surface area contributed by atoms with E-state index in [-0.39, 0.29) is 23.1 Å². The van der Waals surface area contributed by atoms with E-state index in [9.17, 15) is 18.0 Å². The number of carbonyl (C=O) groups excluding carboxylic acids is 2. The van der Waals surface area contributed by atoms with Crippen LogP contribution >= 0.6 is 0 Å². The molecule has 0 aliphatic carbocycles. The van der Waals surface area contributed by atoms with Gasteiger partial charge in [-0.15, -0.1) is 0 Å². The Morgan fingerprint density at radius 2 is 1.50 bits per heavy atom. The SMILES string of the molecule is O=C(Cc1ccc(N2CCCC2=O)cc1)Nc1ccc(S(=O)(=O)N2CCCCCC2)cc1. The van der Waals surface area contributed by atoms with E-state index in [0.717, 1.165) is 49.9 Å². The molecule has 2 fully saturated rings. The molecule has 0 unspecified atom stereocenters. The number of nitrogens with zero attached hydrogens (tertiary/aromatic N) is 2. The average Bonchev–Trinajstić information content (AvgIpc) is 3.03. The third kappa shape index (κ3) is 5.19. The van der Waals surface area contributed by atoms with Crippen molar-refractivity contribution in [3.05, 3.63) is 54.1 Å². The highest BCUT2D eigenvalue weighted by molar-refractivity contribution is 7.89. The fourth-order valence-corrected chi connectivity index (χ4v) is 5.76. The van der Waals surface area contributed by atoms with Crippen LogP contribution in [0.25, 0.3) is 0 Å². The van der Waals surface area contributed by atoms with Crippen LogP contribution in [0.5, 0.6) is 0 Å². The predicted octanol–water partition coefficient (Wildman–Crippen LogP) is 3.56. The van der Waals surface area contributed by atoms with Gasteiger partial charge in [0.1, 0.15) is 0 Å². The molecule has 1 N–H and O–H groups in total. The maximum absolute atomic E-state index is 12.9. The summed E-state index contributed by atoms with van der Waals surface area (Å²) in [7, 11) is -3.50.